The van der Waals surface area contributed by atoms with Crippen LogP contribution in [0.25, 0.3) is 0 Å². The molecule has 0 bridgehead atoms. The molecule has 2 fully saturated rings. The highest BCUT2D eigenvalue weighted by atomic mass is 16.5. The van der Waals surface area contributed by atoms with E-state index in [0.717, 1.165) is 31.0 Å². The Morgan fingerprint density at radius 1 is 1.23 bits per heavy atom. The normalized spacial score (nSPS) is 36.7. The van der Waals surface area contributed by atoms with Gasteiger partial charge in [-0.1, -0.05) is 6.92 Å². The quantitative estimate of drug-likeness (QED) is 0.644. The summed E-state index contributed by atoms with van der Waals surface area (Å²) in [7, 11) is 1.79. The van der Waals surface area contributed by atoms with E-state index in [1.54, 1.807) is 7.11 Å². The molecule has 0 heterocycles. The van der Waals surface area contributed by atoms with Crippen molar-refractivity contribution in [3.05, 3.63) is 0 Å². The van der Waals surface area contributed by atoms with E-state index >= 15 is 0 Å². The third-order valence-corrected chi connectivity index (χ3v) is 3.72. The number of ether oxygens (including phenoxy) is 1. The highest BCUT2D eigenvalue weighted by Gasteiger charge is 2.46. The second kappa shape index (κ2) is 3.97. The van der Waals surface area contributed by atoms with Gasteiger partial charge in [0.2, 0.25) is 0 Å². The van der Waals surface area contributed by atoms with Crippen LogP contribution in [-0.2, 0) is 4.74 Å². The topological polar surface area (TPSA) is 12.5 Å². The van der Waals surface area contributed by atoms with Gasteiger partial charge < -0.3 is 4.74 Å². The molecule has 0 aromatic rings. The highest BCUT2D eigenvalue weighted by molar-refractivity contribution is 4.99. The average molecular weight is 183 g/mol. The fraction of sp³-hybridized carbons (Fsp3) is 1.00. The first-order valence-corrected chi connectivity index (χ1v) is 5.58. The van der Waals surface area contributed by atoms with Crippen LogP contribution in [0.4, 0.5) is 0 Å². The predicted molar refractivity (Wildman–Crippen MR) is 53.7 cm³/mol. The van der Waals surface area contributed by atoms with Gasteiger partial charge in [-0.15, -0.1) is 0 Å². The van der Waals surface area contributed by atoms with Crippen LogP contribution in [0.2, 0.25) is 0 Å². The molecule has 2 heteroatoms. The third kappa shape index (κ3) is 2.05. The van der Waals surface area contributed by atoms with Crippen LogP contribution >= 0.6 is 0 Å². The van der Waals surface area contributed by atoms with Crippen molar-refractivity contribution in [1.82, 2.24) is 4.90 Å². The lowest BCUT2D eigenvalue weighted by atomic mass is 10.1. The molecule has 2 aliphatic carbocycles. The Labute approximate surface area is 81.3 Å². The summed E-state index contributed by atoms with van der Waals surface area (Å²) in [5, 5.41) is 0. The first-order chi connectivity index (χ1) is 6.35. The SMILES string of the molecule is CCN(CCOC)C1CC2C[C@@H]2C1. The molecule has 2 nitrogen and oxygen atoms in total. The van der Waals surface area contributed by atoms with Gasteiger partial charge in [-0.3, -0.25) is 4.90 Å². The second-order valence-electron chi connectivity index (χ2n) is 4.50. The maximum atomic E-state index is 5.13. The Bertz CT molecular complexity index is 161. The maximum absolute atomic E-state index is 5.13. The van der Waals surface area contributed by atoms with Crippen molar-refractivity contribution >= 4 is 0 Å². The van der Waals surface area contributed by atoms with Crippen molar-refractivity contribution in [3.63, 3.8) is 0 Å². The molecule has 0 N–H and O–H groups in total. The summed E-state index contributed by atoms with van der Waals surface area (Å²) in [4.78, 5) is 2.59. The van der Waals surface area contributed by atoms with E-state index in [1.807, 2.05) is 0 Å². The first-order valence-electron chi connectivity index (χ1n) is 5.58. The lowest BCUT2D eigenvalue weighted by Gasteiger charge is -2.28. The summed E-state index contributed by atoms with van der Waals surface area (Å²) < 4.78 is 5.13. The second-order valence-corrected chi connectivity index (χ2v) is 4.50. The van der Waals surface area contributed by atoms with Crippen molar-refractivity contribution in [2.75, 3.05) is 26.8 Å². The molecular weight excluding hydrogens is 162 g/mol. The number of methoxy groups -OCH3 is 1. The Hall–Kier alpha value is -0.0800. The molecule has 0 aromatic heterocycles. The van der Waals surface area contributed by atoms with E-state index in [2.05, 4.69) is 11.8 Å². The van der Waals surface area contributed by atoms with E-state index < -0.39 is 0 Å². The molecule has 0 aliphatic heterocycles. The van der Waals surface area contributed by atoms with E-state index in [4.69, 9.17) is 4.74 Å². The van der Waals surface area contributed by atoms with Gasteiger partial charge in [0.1, 0.15) is 0 Å². The Morgan fingerprint density at radius 3 is 2.46 bits per heavy atom. The van der Waals surface area contributed by atoms with Crippen LogP contribution in [-0.4, -0.2) is 37.7 Å². The van der Waals surface area contributed by atoms with Gasteiger partial charge in [-0.2, -0.15) is 0 Å². The molecular formula is C11H21NO. The highest BCUT2D eigenvalue weighted by Crippen LogP contribution is 2.52. The van der Waals surface area contributed by atoms with Gasteiger partial charge in [0.15, 0.2) is 0 Å². The van der Waals surface area contributed by atoms with E-state index in [9.17, 15) is 0 Å². The number of rotatable bonds is 5. The van der Waals surface area contributed by atoms with Gasteiger partial charge in [-0.05, 0) is 37.6 Å². The zero-order valence-electron chi connectivity index (χ0n) is 8.83. The minimum absolute atomic E-state index is 0.879. The molecule has 0 radical (unpaired) electrons. The largest absolute Gasteiger partial charge is 0.383 e. The summed E-state index contributed by atoms with van der Waals surface area (Å²) in [6, 6.07) is 0.879. The summed E-state index contributed by atoms with van der Waals surface area (Å²) in [5.41, 5.74) is 0. The summed E-state index contributed by atoms with van der Waals surface area (Å²) in [5.74, 6) is 2.20. The van der Waals surface area contributed by atoms with Crippen LogP contribution in [0.1, 0.15) is 26.2 Å². The number of fused-ring (bicyclic) bond motifs is 1. The number of hydrogen-bond acceptors (Lipinski definition) is 2. The van der Waals surface area contributed by atoms with Crippen LogP contribution in [0.15, 0.2) is 0 Å². The third-order valence-electron chi connectivity index (χ3n) is 3.72. The molecule has 2 aliphatic rings. The molecule has 13 heavy (non-hydrogen) atoms. The lowest BCUT2D eigenvalue weighted by molar-refractivity contribution is 0.120. The number of nitrogens with zero attached hydrogens (tertiary/aromatic N) is 1. The lowest BCUT2D eigenvalue weighted by Crippen LogP contribution is -2.36. The standard InChI is InChI=1S/C11H21NO/c1-3-12(4-5-13-2)11-7-9-6-10(9)8-11/h9-11H,3-8H2,1-2H3/t9-,10?,11?/m1/s1. The fourth-order valence-corrected chi connectivity index (χ4v) is 2.79. The Kier molecular flexibility index (Phi) is 2.89. The van der Waals surface area contributed by atoms with E-state index in [0.29, 0.717) is 0 Å². The van der Waals surface area contributed by atoms with Gasteiger partial charge >= 0.3 is 0 Å². The van der Waals surface area contributed by atoms with Gasteiger partial charge in [-0.25, -0.2) is 0 Å². The Morgan fingerprint density at radius 2 is 1.92 bits per heavy atom. The van der Waals surface area contributed by atoms with Crippen molar-refractivity contribution in [1.29, 1.82) is 0 Å². The zero-order chi connectivity index (χ0) is 9.26. The van der Waals surface area contributed by atoms with Crippen LogP contribution in [0.3, 0.4) is 0 Å². The first kappa shape index (κ1) is 9.47. The average Bonchev–Trinajstić information content (AvgIpc) is 2.75. The van der Waals surface area contributed by atoms with Crippen molar-refractivity contribution in [3.8, 4) is 0 Å². The van der Waals surface area contributed by atoms with Gasteiger partial charge in [0, 0.05) is 19.7 Å². The maximum Gasteiger partial charge on any atom is 0.0589 e. The molecule has 0 aromatic carbocycles. The summed E-state index contributed by atoms with van der Waals surface area (Å²) >= 11 is 0. The zero-order valence-corrected chi connectivity index (χ0v) is 8.83. The molecule has 3 atom stereocenters. The van der Waals surface area contributed by atoms with Crippen LogP contribution < -0.4 is 0 Å². The van der Waals surface area contributed by atoms with Gasteiger partial charge in [0.05, 0.1) is 6.61 Å². The minimum Gasteiger partial charge on any atom is -0.383 e. The molecule has 2 unspecified atom stereocenters. The smallest absolute Gasteiger partial charge is 0.0589 e. The van der Waals surface area contributed by atoms with E-state index in [-0.39, 0.29) is 0 Å². The molecule has 2 saturated carbocycles. The minimum atomic E-state index is 0.879. The molecule has 76 valence electrons. The monoisotopic (exact) mass is 183 g/mol. The Balaban J connectivity index is 1.75. The van der Waals surface area contributed by atoms with Crippen molar-refractivity contribution < 1.29 is 4.74 Å². The van der Waals surface area contributed by atoms with Crippen molar-refractivity contribution in [2.24, 2.45) is 11.8 Å². The number of likely N-dealkylation sites (N-methyl/N-ethyl adjacent to an activating group) is 1. The summed E-state index contributed by atoms with van der Waals surface area (Å²) in [6.45, 7) is 5.46. The molecule has 0 spiro atoms. The molecule has 0 saturated heterocycles. The van der Waals surface area contributed by atoms with Crippen LogP contribution in [0, 0.1) is 11.8 Å². The van der Waals surface area contributed by atoms with Crippen molar-refractivity contribution in [2.45, 2.75) is 32.2 Å². The fourth-order valence-electron chi connectivity index (χ4n) is 2.79. The molecule has 2 rings (SSSR count). The summed E-state index contributed by atoms with van der Waals surface area (Å²) in [6.07, 6.45) is 4.45. The van der Waals surface area contributed by atoms with Gasteiger partial charge in [0.25, 0.3) is 0 Å². The van der Waals surface area contributed by atoms with Crippen LogP contribution in [0.5, 0.6) is 0 Å². The van der Waals surface area contributed by atoms with E-state index in [1.165, 1.54) is 25.8 Å². The predicted octanol–water partition coefficient (Wildman–Crippen LogP) is 1.75. The number of hydrogen-bond donors (Lipinski definition) is 0. The molecule has 0 amide bonds.